The lowest BCUT2D eigenvalue weighted by atomic mass is 10.3. The third kappa shape index (κ3) is 6.54. The molecule has 0 amide bonds. The van der Waals surface area contributed by atoms with E-state index in [9.17, 15) is 12.8 Å². The molecule has 0 heterocycles. The summed E-state index contributed by atoms with van der Waals surface area (Å²) >= 11 is 0. The summed E-state index contributed by atoms with van der Waals surface area (Å²) in [4.78, 5) is 2.10. The van der Waals surface area contributed by atoms with Crippen LogP contribution in [0.5, 0.6) is 0 Å². The number of hydrogen-bond donors (Lipinski definition) is 1. The first-order valence-corrected chi connectivity index (χ1v) is 8.37. The van der Waals surface area contributed by atoms with Crippen LogP contribution in [0.2, 0.25) is 0 Å². The van der Waals surface area contributed by atoms with E-state index < -0.39 is 9.84 Å². The molecule has 0 aromatic heterocycles. The van der Waals surface area contributed by atoms with Gasteiger partial charge in [0, 0.05) is 38.1 Å². The van der Waals surface area contributed by atoms with E-state index in [1.54, 1.807) is 12.1 Å². The smallest absolute Gasteiger partial charge is 0.148 e. The molecule has 0 aliphatic heterocycles. The van der Waals surface area contributed by atoms with Crippen LogP contribution in [0.3, 0.4) is 0 Å². The van der Waals surface area contributed by atoms with Crippen LogP contribution in [0.4, 0.5) is 10.1 Å². The highest BCUT2D eigenvalue weighted by Crippen LogP contribution is 2.13. The Kier molecular flexibility index (Phi) is 6.24. The number of hydrogen-bond acceptors (Lipinski definition) is 4. The van der Waals surface area contributed by atoms with E-state index in [4.69, 9.17) is 0 Å². The number of nitrogens with one attached hydrogen (secondary N) is 1. The Labute approximate surface area is 114 Å². The van der Waals surface area contributed by atoms with Gasteiger partial charge in [-0.2, -0.15) is 0 Å². The summed E-state index contributed by atoms with van der Waals surface area (Å²) in [7, 11) is -2.91. The zero-order valence-corrected chi connectivity index (χ0v) is 12.2. The maximum Gasteiger partial charge on any atom is 0.148 e. The summed E-state index contributed by atoms with van der Waals surface area (Å²) in [5.74, 6) is -0.0959. The molecule has 1 N–H and O–H groups in total. The zero-order chi connectivity index (χ0) is 14.3. The van der Waals surface area contributed by atoms with Crippen LogP contribution in [0, 0.1) is 5.82 Å². The molecule has 108 valence electrons. The first kappa shape index (κ1) is 15.9. The van der Waals surface area contributed by atoms with Gasteiger partial charge in [-0.1, -0.05) is 0 Å². The molecule has 0 unspecified atom stereocenters. The van der Waals surface area contributed by atoms with E-state index in [1.807, 2.05) is 6.92 Å². The van der Waals surface area contributed by atoms with Crippen LogP contribution in [0.1, 0.15) is 6.92 Å². The minimum atomic E-state index is -2.91. The highest BCUT2D eigenvalue weighted by Gasteiger charge is 2.05. The Morgan fingerprint density at radius 3 is 2.37 bits per heavy atom. The van der Waals surface area contributed by atoms with E-state index in [0.717, 1.165) is 18.8 Å². The fourth-order valence-corrected chi connectivity index (χ4v) is 2.23. The molecule has 0 saturated heterocycles. The molecule has 0 bridgehead atoms. The fraction of sp³-hybridized carbons (Fsp3) is 0.538. The van der Waals surface area contributed by atoms with Gasteiger partial charge in [0.1, 0.15) is 15.7 Å². The third-order valence-corrected chi connectivity index (χ3v) is 3.73. The summed E-state index contributed by atoms with van der Waals surface area (Å²) in [6, 6.07) is 6.37. The van der Waals surface area contributed by atoms with Gasteiger partial charge in [-0.05, 0) is 31.2 Å². The zero-order valence-electron chi connectivity index (χ0n) is 11.4. The van der Waals surface area contributed by atoms with E-state index in [0.29, 0.717) is 13.1 Å². The number of anilines is 1. The van der Waals surface area contributed by atoms with Crippen LogP contribution in [0.25, 0.3) is 0 Å². The van der Waals surface area contributed by atoms with Crippen LogP contribution >= 0.6 is 0 Å². The number of likely N-dealkylation sites (N-methyl/N-ethyl adjacent to an activating group) is 1. The number of sulfone groups is 1. The van der Waals surface area contributed by atoms with Crippen molar-refractivity contribution in [3.63, 3.8) is 0 Å². The molecule has 0 spiro atoms. The number of benzene rings is 1. The Balaban J connectivity index is 2.35. The van der Waals surface area contributed by atoms with Gasteiger partial charge >= 0.3 is 0 Å². The normalized spacial score (nSPS) is 11.5. The van der Waals surface area contributed by atoms with Crippen molar-refractivity contribution in [3.05, 3.63) is 30.1 Å². The second-order valence-electron chi connectivity index (χ2n) is 4.44. The van der Waals surface area contributed by atoms with Gasteiger partial charge in [-0.15, -0.1) is 0 Å². The van der Waals surface area contributed by atoms with Gasteiger partial charge in [0.2, 0.25) is 0 Å². The lowest BCUT2D eigenvalue weighted by molar-refractivity contribution is 0.596. The molecule has 0 aliphatic rings. The third-order valence-electron chi connectivity index (χ3n) is 2.78. The largest absolute Gasteiger partial charge is 0.371 e. The molecule has 4 nitrogen and oxygen atoms in total. The Hall–Kier alpha value is -1.14. The first-order valence-electron chi connectivity index (χ1n) is 6.31. The Morgan fingerprint density at radius 2 is 1.84 bits per heavy atom. The predicted octanol–water partition coefficient (Wildman–Crippen LogP) is 1.29. The van der Waals surface area contributed by atoms with Crippen molar-refractivity contribution in [1.29, 1.82) is 0 Å². The van der Waals surface area contributed by atoms with Gasteiger partial charge < -0.3 is 10.2 Å². The Morgan fingerprint density at radius 1 is 1.21 bits per heavy atom. The van der Waals surface area contributed by atoms with Gasteiger partial charge in [-0.25, -0.2) is 12.8 Å². The molecule has 0 saturated carbocycles. The van der Waals surface area contributed by atoms with E-state index in [2.05, 4.69) is 10.2 Å². The summed E-state index contributed by atoms with van der Waals surface area (Å²) in [6.07, 6.45) is 1.23. The maximum atomic E-state index is 12.8. The first-order chi connectivity index (χ1) is 8.92. The van der Waals surface area contributed by atoms with Crippen molar-refractivity contribution < 1.29 is 12.8 Å². The van der Waals surface area contributed by atoms with Gasteiger partial charge in [0.05, 0.1) is 5.75 Å². The van der Waals surface area contributed by atoms with Crippen LogP contribution in [-0.4, -0.2) is 46.6 Å². The van der Waals surface area contributed by atoms with Gasteiger partial charge in [0.15, 0.2) is 0 Å². The lowest BCUT2D eigenvalue weighted by Crippen LogP contribution is -2.33. The van der Waals surface area contributed by atoms with Crippen molar-refractivity contribution >= 4 is 15.5 Å². The van der Waals surface area contributed by atoms with Crippen molar-refractivity contribution in [2.75, 3.05) is 43.1 Å². The number of nitrogens with zero attached hydrogens (tertiary/aromatic N) is 1. The molecule has 0 atom stereocenters. The standard InChI is InChI=1S/C13H21FN2O2S/c1-3-16(13-6-4-12(14)5-7-13)10-8-15-9-11-19(2,17)18/h4-7,15H,3,8-11H2,1-2H3. The monoisotopic (exact) mass is 288 g/mol. The fourth-order valence-electron chi connectivity index (χ4n) is 1.72. The molecule has 0 fully saturated rings. The van der Waals surface area contributed by atoms with Crippen molar-refractivity contribution in [1.82, 2.24) is 5.32 Å². The quantitative estimate of drug-likeness (QED) is 0.732. The second kappa shape index (κ2) is 7.45. The minimum absolute atomic E-state index is 0.148. The van der Waals surface area contributed by atoms with Gasteiger partial charge in [-0.3, -0.25) is 0 Å². The van der Waals surface area contributed by atoms with Crippen LogP contribution in [-0.2, 0) is 9.84 Å². The summed E-state index contributed by atoms with van der Waals surface area (Å²) in [6.45, 7) is 4.76. The number of halogens is 1. The average Bonchev–Trinajstić information content (AvgIpc) is 2.34. The second-order valence-corrected chi connectivity index (χ2v) is 6.70. The average molecular weight is 288 g/mol. The molecule has 1 aromatic carbocycles. The topological polar surface area (TPSA) is 49.4 Å². The molecule has 1 aromatic rings. The SMILES string of the molecule is CCN(CCNCCS(C)(=O)=O)c1ccc(F)cc1. The highest BCUT2D eigenvalue weighted by atomic mass is 32.2. The Bertz CT molecular complexity index is 474. The van der Waals surface area contributed by atoms with Crippen LogP contribution in [0.15, 0.2) is 24.3 Å². The molecule has 19 heavy (non-hydrogen) atoms. The van der Waals surface area contributed by atoms with Crippen molar-refractivity contribution in [2.45, 2.75) is 6.92 Å². The summed E-state index contributed by atoms with van der Waals surface area (Å²) in [5, 5.41) is 3.09. The minimum Gasteiger partial charge on any atom is -0.371 e. The number of rotatable bonds is 8. The summed E-state index contributed by atoms with van der Waals surface area (Å²) < 4.78 is 34.7. The van der Waals surface area contributed by atoms with Gasteiger partial charge in [0.25, 0.3) is 0 Å². The lowest BCUT2D eigenvalue weighted by Gasteiger charge is -2.23. The molecular weight excluding hydrogens is 267 g/mol. The van der Waals surface area contributed by atoms with E-state index in [1.165, 1.54) is 18.4 Å². The van der Waals surface area contributed by atoms with Crippen LogP contribution < -0.4 is 10.2 Å². The molecule has 6 heteroatoms. The molecule has 1 rings (SSSR count). The molecular formula is C13H21FN2O2S. The van der Waals surface area contributed by atoms with E-state index >= 15 is 0 Å². The molecule has 0 radical (unpaired) electrons. The van der Waals surface area contributed by atoms with E-state index in [-0.39, 0.29) is 11.6 Å². The predicted molar refractivity (Wildman–Crippen MR) is 76.9 cm³/mol. The summed E-state index contributed by atoms with van der Waals surface area (Å²) in [5.41, 5.74) is 0.966. The maximum absolute atomic E-state index is 12.8. The van der Waals surface area contributed by atoms with Crippen molar-refractivity contribution in [3.8, 4) is 0 Å². The molecule has 0 aliphatic carbocycles. The van der Waals surface area contributed by atoms with Crippen molar-refractivity contribution in [2.24, 2.45) is 0 Å². The highest BCUT2D eigenvalue weighted by molar-refractivity contribution is 7.90.